The Hall–Kier alpha value is -0.220. The summed E-state index contributed by atoms with van der Waals surface area (Å²) in [5.74, 6) is 2.36. The number of unbranched alkanes of at least 4 members (excludes halogenated alkanes) is 2. The van der Waals surface area contributed by atoms with Gasteiger partial charge in [-0.05, 0) is 38.0 Å². The molecule has 0 amide bonds. The van der Waals surface area contributed by atoms with Crippen LogP contribution in [0.15, 0.2) is 0 Å². The normalized spacial score (nSPS) is 18.8. The minimum atomic E-state index is -0.439. The van der Waals surface area contributed by atoms with Crippen LogP contribution in [0.3, 0.4) is 0 Å². The molecule has 0 saturated heterocycles. The van der Waals surface area contributed by atoms with Gasteiger partial charge in [0.15, 0.2) is 0 Å². The Bertz CT molecular complexity index is 244. The molecule has 0 aromatic carbocycles. The first kappa shape index (κ1) is 14.8. The van der Waals surface area contributed by atoms with Crippen molar-refractivity contribution in [2.24, 2.45) is 5.92 Å². The Morgan fingerprint density at radius 3 is 2.65 bits per heavy atom. The number of esters is 1. The standard InChI is InChI=1S/C13H25NO2S/c1-4-5-6-9-17-10-13(14-2,11-7-8-11)12(15)16-3/h11,14H,4-10H2,1-3H3. The molecule has 3 nitrogen and oxygen atoms in total. The zero-order chi connectivity index (χ0) is 12.7. The summed E-state index contributed by atoms with van der Waals surface area (Å²) >= 11 is 1.87. The second kappa shape index (κ2) is 7.27. The number of nitrogens with one attached hydrogen (secondary N) is 1. The number of hydrogen-bond donors (Lipinski definition) is 1. The van der Waals surface area contributed by atoms with E-state index in [2.05, 4.69) is 12.2 Å². The zero-order valence-electron chi connectivity index (χ0n) is 11.3. The third-order valence-corrected chi connectivity index (χ3v) is 4.73. The van der Waals surface area contributed by atoms with Crippen molar-refractivity contribution in [1.29, 1.82) is 0 Å². The van der Waals surface area contributed by atoms with Crippen LogP contribution in [0.25, 0.3) is 0 Å². The molecular formula is C13H25NO2S. The minimum absolute atomic E-state index is 0.0921. The quantitative estimate of drug-likeness (QED) is 0.510. The maximum Gasteiger partial charge on any atom is 0.327 e. The molecule has 0 aromatic rings. The molecule has 0 bridgehead atoms. The van der Waals surface area contributed by atoms with Crippen molar-refractivity contribution in [2.75, 3.05) is 25.7 Å². The van der Waals surface area contributed by atoms with Gasteiger partial charge < -0.3 is 10.1 Å². The van der Waals surface area contributed by atoms with Crippen LogP contribution in [0.2, 0.25) is 0 Å². The Kier molecular flexibility index (Phi) is 6.34. The summed E-state index contributed by atoms with van der Waals surface area (Å²) < 4.78 is 4.97. The molecule has 1 atom stereocenters. The van der Waals surface area contributed by atoms with Crippen LogP contribution in [-0.4, -0.2) is 37.2 Å². The lowest BCUT2D eigenvalue weighted by molar-refractivity contribution is -0.148. The van der Waals surface area contributed by atoms with Crippen molar-refractivity contribution in [2.45, 2.75) is 44.6 Å². The maximum absolute atomic E-state index is 12.0. The van der Waals surface area contributed by atoms with Crippen LogP contribution in [-0.2, 0) is 9.53 Å². The van der Waals surface area contributed by atoms with Gasteiger partial charge >= 0.3 is 5.97 Å². The number of carbonyl (C=O) groups excluding carboxylic acids is 1. The Morgan fingerprint density at radius 1 is 1.47 bits per heavy atom. The Labute approximate surface area is 109 Å². The largest absolute Gasteiger partial charge is 0.468 e. The molecule has 4 heteroatoms. The van der Waals surface area contributed by atoms with E-state index in [9.17, 15) is 4.79 Å². The molecule has 0 aromatic heterocycles. The van der Waals surface area contributed by atoms with Gasteiger partial charge in [-0.3, -0.25) is 4.79 Å². The number of ether oxygens (including phenoxy) is 1. The van der Waals surface area contributed by atoms with E-state index in [1.54, 1.807) is 0 Å². The summed E-state index contributed by atoms with van der Waals surface area (Å²) in [6.07, 6.45) is 6.06. The van der Waals surface area contributed by atoms with Crippen LogP contribution >= 0.6 is 11.8 Å². The van der Waals surface area contributed by atoms with Crippen molar-refractivity contribution in [3.8, 4) is 0 Å². The lowest BCUT2D eigenvalue weighted by Gasteiger charge is -2.30. The van der Waals surface area contributed by atoms with E-state index in [1.807, 2.05) is 18.8 Å². The van der Waals surface area contributed by atoms with E-state index < -0.39 is 5.54 Å². The van der Waals surface area contributed by atoms with Crippen molar-refractivity contribution in [3.05, 3.63) is 0 Å². The first-order valence-corrected chi connectivity index (χ1v) is 7.71. The zero-order valence-corrected chi connectivity index (χ0v) is 12.1. The number of likely N-dealkylation sites (N-methyl/N-ethyl adjacent to an activating group) is 1. The summed E-state index contributed by atoms with van der Waals surface area (Å²) in [5, 5.41) is 3.22. The van der Waals surface area contributed by atoms with Gasteiger partial charge in [-0.1, -0.05) is 19.8 Å². The van der Waals surface area contributed by atoms with E-state index in [1.165, 1.54) is 26.4 Å². The Balaban J connectivity index is 2.43. The fraction of sp³-hybridized carbons (Fsp3) is 0.923. The fourth-order valence-corrected chi connectivity index (χ4v) is 3.54. The third kappa shape index (κ3) is 3.88. The van der Waals surface area contributed by atoms with Gasteiger partial charge in [-0.2, -0.15) is 11.8 Å². The number of carbonyl (C=O) groups is 1. The highest BCUT2D eigenvalue weighted by Crippen LogP contribution is 2.42. The fourth-order valence-electron chi connectivity index (χ4n) is 2.17. The molecule has 1 unspecified atom stereocenters. The van der Waals surface area contributed by atoms with Crippen molar-refractivity contribution < 1.29 is 9.53 Å². The van der Waals surface area contributed by atoms with Crippen LogP contribution in [0.4, 0.5) is 0 Å². The predicted molar refractivity (Wildman–Crippen MR) is 73.4 cm³/mol. The van der Waals surface area contributed by atoms with Gasteiger partial charge in [0.25, 0.3) is 0 Å². The Morgan fingerprint density at radius 2 is 2.18 bits per heavy atom. The summed E-state index contributed by atoms with van der Waals surface area (Å²) in [4.78, 5) is 12.0. The highest BCUT2D eigenvalue weighted by Gasteiger charge is 2.50. The van der Waals surface area contributed by atoms with Gasteiger partial charge in [0.2, 0.25) is 0 Å². The second-order valence-corrected chi connectivity index (χ2v) is 5.85. The second-order valence-electron chi connectivity index (χ2n) is 4.75. The molecule has 0 radical (unpaired) electrons. The minimum Gasteiger partial charge on any atom is -0.468 e. The van der Waals surface area contributed by atoms with E-state index in [4.69, 9.17) is 4.74 Å². The molecule has 0 heterocycles. The molecular weight excluding hydrogens is 234 g/mol. The average molecular weight is 259 g/mol. The van der Waals surface area contributed by atoms with E-state index >= 15 is 0 Å². The topological polar surface area (TPSA) is 38.3 Å². The SMILES string of the molecule is CCCCCSCC(NC)(C(=O)OC)C1CC1. The molecule has 1 aliphatic rings. The molecule has 0 spiro atoms. The lowest BCUT2D eigenvalue weighted by Crippen LogP contribution is -2.55. The highest BCUT2D eigenvalue weighted by atomic mass is 32.2. The van der Waals surface area contributed by atoms with Crippen LogP contribution < -0.4 is 5.32 Å². The number of methoxy groups -OCH3 is 1. The van der Waals surface area contributed by atoms with Crippen molar-refractivity contribution in [3.63, 3.8) is 0 Å². The third-order valence-electron chi connectivity index (χ3n) is 3.49. The summed E-state index contributed by atoms with van der Waals surface area (Å²) in [7, 11) is 3.36. The number of rotatable bonds is 9. The molecule has 1 N–H and O–H groups in total. The molecule has 0 aliphatic heterocycles. The molecule has 1 rings (SSSR count). The smallest absolute Gasteiger partial charge is 0.327 e. The maximum atomic E-state index is 12.0. The summed E-state index contributed by atoms with van der Waals surface area (Å²) in [5.41, 5.74) is -0.439. The molecule has 1 aliphatic carbocycles. The van der Waals surface area contributed by atoms with Crippen LogP contribution in [0.1, 0.15) is 39.0 Å². The monoisotopic (exact) mass is 259 g/mol. The van der Waals surface area contributed by atoms with E-state index in [-0.39, 0.29) is 5.97 Å². The molecule has 1 saturated carbocycles. The molecule has 1 fully saturated rings. The van der Waals surface area contributed by atoms with E-state index in [0.717, 1.165) is 24.3 Å². The first-order chi connectivity index (χ1) is 8.21. The molecule has 100 valence electrons. The summed E-state index contributed by atoms with van der Waals surface area (Å²) in [6, 6.07) is 0. The van der Waals surface area contributed by atoms with Gasteiger partial charge in [-0.15, -0.1) is 0 Å². The predicted octanol–water partition coefficient (Wildman–Crippen LogP) is 2.45. The lowest BCUT2D eigenvalue weighted by atomic mass is 9.96. The van der Waals surface area contributed by atoms with Gasteiger partial charge in [0.05, 0.1) is 7.11 Å². The van der Waals surface area contributed by atoms with E-state index in [0.29, 0.717) is 5.92 Å². The van der Waals surface area contributed by atoms with Crippen LogP contribution in [0, 0.1) is 5.92 Å². The molecule has 17 heavy (non-hydrogen) atoms. The highest BCUT2D eigenvalue weighted by molar-refractivity contribution is 7.99. The van der Waals surface area contributed by atoms with Crippen LogP contribution in [0.5, 0.6) is 0 Å². The van der Waals surface area contributed by atoms with Gasteiger partial charge in [-0.25, -0.2) is 0 Å². The average Bonchev–Trinajstić information content (AvgIpc) is 3.18. The first-order valence-electron chi connectivity index (χ1n) is 6.56. The van der Waals surface area contributed by atoms with Gasteiger partial charge in [0.1, 0.15) is 5.54 Å². The van der Waals surface area contributed by atoms with Gasteiger partial charge in [0, 0.05) is 5.75 Å². The number of hydrogen-bond acceptors (Lipinski definition) is 4. The number of thioether (sulfide) groups is 1. The van der Waals surface area contributed by atoms with Crippen molar-refractivity contribution >= 4 is 17.7 Å². The summed E-state index contributed by atoms with van der Waals surface area (Å²) in [6.45, 7) is 2.21. The van der Waals surface area contributed by atoms with Crippen molar-refractivity contribution in [1.82, 2.24) is 5.32 Å².